The number of hydrogen-bond donors (Lipinski definition) is 0. The van der Waals surface area contributed by atoms with Gasteiger partial charge < -0.3 is 0 Å². The van der Waals surface area contributed by atoms with E-state index in [1.54, 1.807) is 0 Å². The standard InChI is InChI=1S/C52H40/c1-2-44(38-17-6-3-7-18-38)45-24-14-26-47-49(45)35-50-46(51(39-19-8-4-9-20-39)40-21-10-5-11-22-40)25-15-27-48(50)52(47)41-31-28-37(29-32-41)43-33-30-36-16-12-13-23-42(36)34-43/h3-35,44,51H,2H2,1H3. The fourth-order valence-corrected chi connectivity index (χ4v) is 8.44. The minimum atomic E-state index is 0.0925. The first-order chi connectivity index (χ1) is 25.8. The van der Waals surface area contributed by atoms with Crippen LogP contribution in [0.25, 0.3) is 54.6 Å². The van der Waals surface area contributed by atoms with E-state index in [0.717, 1.165) is 6.42 Å². The molecule has 9 aromatic carbocycles. The Kier molecular flexibility index (Phi) is 8.43. The molecule has 9 aromatic rings. The Morgan fingerprint density at radius 1 is 0.346 bits per heavy atom. The third-order valence-electron chi connectivity index (χ3n) is 10.9. The van der Waals surface area contributed by atoms with Crippen LogP contribution in [-0.2, 0) is 0 Å². The molecule has 0 heteroatoms. The predicted molar refractivity (Wildman–Crippen MR) is 222 cm³/mol. The van der Waals surface area contributed by atoms with Crippen LogP contribution in [0, 0.1) is 0 Å². The maximum Gasteiger partial charge on any atom is 0.0346 e. The molecule has 0 bridgehead atoms. The van der Waals surface area contributed by atoms with Crippen molar-refractivity contribution in [3.8, 4) is 22.3 Å². The van der Waals surface area contributed by atoms with Gasteiger partial charge in [-0.1, -0.05) is 195 Å². The molecule has 52 heavy (non-hydrogen) atoms. The fourth-order valence-electron chi connectivity index (χ4n) is 8.44. The zero-order valence-electron chi connectivity index (χ0n) is 29.4. The van der Waals surface area contributed by atoms with Gasteiger partial charge in [-0.2, -0.15) is 0 Å². The van der Waals surface area contributed by atoms with Crippen LogP contribution in [-0.4, -0.2) is 0 Å². The van der Waals surface area contributed by atoms with Gasteiger partial charge >= 0.3 is 0 Å². The van der Waals surface area contributed by atoms with E-state index in [9.17, 15) is 0 Å². The smallest absolute Gasteiger partial charge is 0.0346 e. The molecule has 0 aromatic heterocycles. The van der Waals surface area contributed by atoms with E-state index in [-0.39, 0.29) is 11.8 Å². The summed E-state index contributed by atoms with van der Waals surface area (Å²) >= 11 is 0. The number of benzene rings is 9. The second-order valence-corrected chi connectivity index (χ2v) is 13.9. The summed E-state index contributed by atoms with van der Waals surface area (Å²) in [6.45, 7) is 2.32. The topological polar surface area (TPSA) is 0 Å². The van der Waals surface area contributed by atoms with Crippen LogP contribution in [0.5, 0.6) is 0 Å². The lowest BCUT2D eigenvalue weighted by atomic mass is 9.79. The van der Waals surface area contributed by atoms with E-state index in [1.165, 1.54) is 82.4 Å². The minimum Gasteiger partial charge on any atom is -0.0645 e. The number of hydrogen-bond acceptors (Lipinski definition) is 0. The molecule has 0 nitrogen and oxygen atoms in total. The van der Waals surface area contributed by atoms with Gasteiger partial charge in [0.1, 0.15) is 0 Å². The normalized spacial score (nSPS) is 12.1. The quantitative estimate of drug-likeness (QED) is 0.112. The number of fused-ring (bicyclic) bond motifs is 3. The first kappa shape index (κ1) is 31.7. The van der Waals surface area contributed by atoms with Gasteiger partial charge in [-0.3, -0.25) is 0 Å². The van der Waals surface area contributed by atoms with E-state index in [4.69, 9.17) is 0 Å². The SMILES string of the molecule is CCC(c1ccccc1)c1cccc2c(-c3ccc(-c4ccc5ccccc5c4)cc3)c3cccc(C(c4ccccc4)c4ccccc4)c3cc12. The van der Waals surface area contributed by atoms with Crippen LogP contribution in [0.4, 0.5) is 0 Å². The molecule has 1 atom stereocenters. The van der Waals surface area contributed by atoms with Gasteiger partial charge in [0, 0.05) is 11.8 Å². The van der Waals surface area contributed by atoms with Crippen molar-refractivity contribution in [3.05, 3.63) is 228 Å². The first-order valence-corrected chi connectivity index (χ1v) is 18.5. The van der Waals surface area contributed by atoms with Crippen LogP contribution in [0.1, 0.15) is 53.0 Å². The lowest BCUT2D eigenvalue weighted by Gasteiger charge is -2.24. The van der Waals surface area contributed by atoms with Gasteiger partial charge in [0.05, 0.1) is 0 Å². The molecule has 0 N–H and O–H groups in total. The monoisotopic (exact) mass is 664 g/mol. The summed E-state index contributed by atoms with van der Waals surface area (Å²) in [6.07, 6.45) is 1.02. The Morgan fingerprint density at radius 2 is 0.846 bits per heavy atom. The lowest BCUT2D eigenvalue weighted by Crippen LogP contribution is -2.05. The van der Waals surface area contributed by atoms with E-state index in [0.29, 0.717) is 0 Å². The molecule has 0 aliphatic carbocycles. The molecule has 0 amide bonds. The number of rotatable bonds is 8. The summed E-state index contributed by atoms with van der Waals surface area (Å²) in [5.41, 5.74) is 11.7. The first-order valence-electron chi connectivity index (χ1n) is 18.5. The second kappa shape index (κ2) is 13.8. The molecule has 0 saturated heterocycles. The van der Waals surface area contributed by atoms with Crippen molar-refractivity contribution >= 4 is 32.3 Å². The fraction of sp³-hybridized carbons (Fsp3) is 0.0769. The van der Waals surface area contributed by atoms with E-state index in [1.807, 2.05) is 0 Å². The molecule has 0 heterocycles. The van der Waals surface area contributed by atoms with Crippen molar-refractivity contribution in [2.75, 3.05) is 0 Å². The molecular weight excluding hydrogens is 625 g/mol. The van der Waals surface area contributed by atoms with Gasteiger partial charge in [0.2, 0.25) is 0 Å². The largest absolute Gasteiger partial charge is 0.0645 e. The molecule has 0 aliphatic heterocycles. The van der Waals surface area contributed by atoms with Gasteiger partial charge in [-0.05, 0) is 101 Å². The van der Waals surface area contributed by atoms with Gasteiger partial charge in [-0.15, -0.1) is 0 Å². The summed E-state index contributed by atoms with van der Waals surface area (Å²) in [5.74, 6) is 0.381. The lowest BCUT2D eigenvalue weighted by molar-refractivity contribution is 0.784. The van der Waals surface area contributed by atoms with Crippen LogP contribution in [0.15, 0.2) is 200 Å². The van der Waals surface area contributed by atoms with E-state index < -0.39 is 0 Å². The van der Waals surface area contributed by atoms with Gasteiger partial charge in [-0.25, -0.2) is 0 Å². The Morgan fingerprint density at radius 3 is 1.46 bits per heavy atom. The maximum atomic E-state index is 2.51. The van der Waals surface area contributed by atoms with Crippen LogP contribution in [0.2, 0.25) is 0 Å². The second-order valence-electron chi connectivity index (χ2n) is 13.9. The molecule has 0 saturated carbocycles. The third-order valence-corrected chi connectivity index (χ3v) is 10.9. The van der Waals surface area contributed by atoms with Gasteiger partial charge in [0.25, 0.3) is 0 Å². The average molecular weight is 665 g/mol. The summed E-state index contributed by atoms with van der Waals surface area (Å²) in [5, 5.41) is 7.74. The molecule has 0 radical (unpaired) electrons. The summed E-state index contributed by atoms with van der Waals surface area (Å²) in [4.78, 5) is 0. The Balaban J connectivity index is 1.31. The van der Waals surface area contributed by atoms with Gasteiger partial charge in [0.15, 0.2) is 0 Å². The average Bonchev–Trinajstić information content (AvgIpc) is 3.22. The predicted octanol–water partition coefficient (Wildman–Crippen LogP) is 14.2. The Hall–Kier alpha value is -6.24. The maximum absolute atomic E-state index is 2.51. The van der Waals surface area contributed by atoms with Crippen molar-refractivity contribution in [2.24, 2.45) is 0 Å². The van der Waals surface area contributed by atoms with Crippen molar-refractivity contribution < 1.29 is 0 Å². The Labute approximate surface area is 306 Å². The molecule has 0 aliphatic rings. The summed E-state index contributed by atoms with van der Waals surface area (Å²) in [7, 11) is 0. The third kappa shape index (κ3) is 5.77. The van der Waals surface area contributed by atoms with Crippen molar-refractivity contribution in [3.63, 3.8) is 0 Å². The zero-order valence-corrected chi connectivity index (χ0v) is 29.4. The Bertz CT molecular complexity index is 2600. The molecule has 0 fully saturated rings. The molecule has 1 unspecified atom stereocenters. The minimum absolute atomic E-state index is 0.0925. The van der Waals surface area contributed by atoms with E-state index in [2.05, 4.69) is 207 Å². The highest BCUT2D eigenvalue weighted by Crippen LogP contribution is 2.45. The zero-order chi connectivity index (χ0) is 34.9. The molecule has 248 valence electrons. The van der Waals surface area contributed by atoms with Crippen molar-refractivity contribution in [2.45, 2.75) is 25.2 Å². The molecule has 0 spiro atoms. The highest BCUT2D eigenvalue weighted by molar-refractivity contribution is 6.14. The summed E-state index contributed by atoms with van der Waals surface area (Å²) in [6, 6.07) is 74.1. The van der Waals surface area contributed by atoms with Crippen molar-refractivity contribution in [1.29, 1.82) is 0 Å². The highest BCUT2D eigenvalue weighted by Gasteiger charge is 2.23. The molecular formula is C52H40. The van der Waals surface area contributed by atoms with E-state index >= 15 is 0 Å². The summed E-state index contributed by atoms with van der Waals surface area (Å²) < 4.78 is 0. The molecule has 9 rings (SSSR count). The van der Waals surface area contributed by atoms with Crippen molar-refractivity contribution in [1.82, 2.24) is 0 Å². The highest BCUT2D eigenvalue weighted by atomic mass is 14.3. The van der Waals surface area contributed by atoms with Crippen LogP contribution >= 0.6 is 0 Å². The van der Waals surface area contributed by atoms with Crippen LogP contribution in [0.3, 0.4) is 0 Å². The van der Waals surface area contributed by atoms with Crippen LogP contribution < -0.4 is 0 Å².